The van der Waals surface area contributed by atoms with Gasteiger partial charge in [0.15, 0.2) is 11.6 Å². The molecular weight excluding hydrogens is 311 g/mol. The van der Waals surface area contributed by atoms with E-state index >= 15 is 0 Å². The van der Waals surface area contributed by atoms with Crippen LogP contribution in [0.3, 0.4) is 0 Å². The van der Waals surface area contributed by atoms with Crippen LogP contribution in [0, 0.1) is 5.92 Å². The van der Waals surface area contributed by atoms with Gasteiger partial charge >= 0.3 is 6.18 Å². The van der Waals surface area contributed by atoms with Crippen LogP contribution in [0.5, 0.6) is 0 Å². The summed E-state index contributed by atoms with van der Waals surface area (Å²) in [6.07, 6.45) is -3.65. The fraction of sp³-hybridized carbons (Fsp3) is 0.385. The van der Waals surface area contributed by atoms with Gasteiger partial charge in [-0.05, 0) is 12.5 Å². The summed E-state index contributed by atoms with van der Waals surface area (Å²) in [6.45, 7) is 0. The summed E-state index contributed by atoms with van der Waals surface area (Å²) in [6, 6.07) is 0.555. The summed E-state index contributed by atoms with van der Waals surface area (Å²) in [5.41, 5.74) is -1.59. The first kappa shape index (κ1) is 15.6. The first-order valence-corrected chi connectivity index (χ1v) is 6.42. The highest BCUT2D eigenvalue weighted by Gasteiger charge is 2.39. The Morgan fingerprint density at radius 1 is 1.24 bits per heavy atom. The molecule has 0 spiro atoms. The van der Waals surface area contributed by atoms with Crippen molar-refractivity contribution in [1.29, 1.82) is 0 Å². The molecule has 0 radical (unpaired) electrons. The van der Waals surface area contributed by atoms with Crippen molar-refractivity contribution >= 4 is 29.0 Å². The highest BCUT2D eigenvalue weighted by molar-refractivity contribution is 6.36. The molecule has 0 saturated heterocycles. The smallest absolute Gasteiger partial charge is 0.298 e. The van der Waals surface area contributed by atoms with Gasteiger partial charge in [-0.25, -0.2) is 0 Å². The van der Waals surface area contributed by atoms with Crippen molar-refractivity contribution in [3.63, 3.8) is 0 Å². The molecule has 0 N–H and O–H groups in total. The van der Waals surface area contributed by atoms with E-state index in [2.05, 4.69) is 4.98 Å². The molecule has 1 saturated carbocycles. The van der Waals surface area contributed by atoms with E-state index < -0.39 is 45.7 Å². The number of alkyl halides is 3. The summed E-state index contributed by atoms with van der Waals surface area (Å²) < 4.78 is 37.5. The molecule has 0 aromatic carbocycles. The molecule has 112 valence electrons. The Bertz CT molecular complexity index is 612. The van der Waals surface area contributed by atoms with E-state index in [-0.39, 0.29) is 12.8 Å². The Hall–Kier alpha value is -1.76. The number of nitrogens with zero attached hydrogens (tertiary/aromatic N) is 1. The van der Waals surface area contributed by atoms with Crippen molar-refractivity contribution < 1.29 is 27.6 Å². The number of hydrogen-bond acceptors (Lipinski definition) is 4. The van der Waals surface area contributed by atoms with E-state index in [1.165, 1.54) is 0 Å². The maximum absolute atomic E-state index is 12.5. The number of halogens is 4. The van der Waals surface area contributed by atoms with Crippen molar-refractivity contribution in [3.8, 4) is 0 Å². The Morgan fingerprint density at radius 3 is 2.29 bits per heavy atom. The van der Waals surface area contributed by atoms with Gasteiger partial charge in [0.1, 0.15) is 11.6 Å². The molecule has 1 heterocycles. The summed E-state index contributed by atoms with van der Waals surface area (Å²) in [5.74, 6) is -3.54. The van der Waals surface area contributed by atoms with Crippen molar-refractivity contribution in [1.82, 2.24) is 4.98 Å². The highest BCUT2D eigenvalue weighted by atomic mass is 35.5. The lowest BCUT2D eigenvalue weighted by Crippen LogP contribution is -2.35. The molecule has 21 heavy (non-hydrogen) atoms. The second-order valence-electron chi connectivity index (χ2n) is 4.64. The quantitative estimate of drug-likeness (QED) is 0.621. The number of carbonyl (C=O) groups excluding carboxylic acids is 3. The summed E-state index contributed by atoms with van der Waals surface area (Å²) >= 11 is 5.64. The molecule has 4 nitrogen and oxygen atoms in total. The number of pyridine rings is 1. The van der Waals surface area contributed by atoms with Crippen LogP contribution in [0.15, 0.2) is 12.3 Å². The standard InChI is InChI=1S/C13H9ClF3NO3/c14-7-4-6(13(15,16)17)5-18-11(7)12(21)10-8(19)2-1-3-9(10)20/h4-5,10H,1-3H2. The van der Waals surface area contributed by atoms with Crippen LogP contribution in [0.25, 0.3) is 0 Å². The van der Waals surface area contributed by atoms with E-state index in [9.17, 15) is 27.6 Å². The van der Waals surface area contributed by atoms with Gasteiger partial charge in [-0.2, -0.15) is 13.2 Å². The van der Waals surface area contributed by atoms with Gasteiger partial charge in [-0.3, -0.25) is 19.4 Å². The average molecular weight is 320 g/mol. The van der Waals surface area contributed by atoms with Crippen molar-refractivity contribution in [2.45, 2.75) is 25.4 Å². The van der Waals surface area contributed by atoms with E-state index in [4.69, 9.17) is 11.6 Å². The summed E-state index contributed by atoms with van der Waals surface area (Å²) in [7, 11) is 0. The minimum absolute atomic E-state index is 0.0837. The largest absolute Gasteiger partial charge is 0.417 e. The van der Waals surface area contributed by atoms with Crippen LogP contribution in [-0.4, -0.2) is 22.3 Å². The molecule has 1 aliphatic rings. The topological polar surface area (TPSA) is 64.1 Å². The Morgan fingerprint density at radius 2 is 1.81 bits per heavy atom. The van der Waals surface area contributed by atoms with Crippen molar-refractivity contribution in [2.24, 2.45) is 5.92 Å². The van der Waals surface area contributed by atoms with Crippen LogP contribution in [0.2, 0.25) is 5.02 Å². The maximum Gasteiger partial charge on any atom is 0.417 e. The maximum atomic E-state index is 12.5. The highest BCUT2D eigenvalue weighted by Crippen LogP contribution is 2.32. The third-order valence-electron chi connectivity index (χ3n) is 3.15. The van der Waals surface area contributed by atoms with Crippen LogP contribution < -0.4 is 0 Å². The molecule has 2 rings (SSSR count). The van der Waals surface area contributed by atoms with E-state index in [0.29, 0.717) is 18.7 Å². The third kappa shape index (κ3) is 3.12. The molecule has 0 aliphatic heterocycles. The first-order valence-electron chi connectivity index (χ1n) is 6.04. The van der Waals surface area contributed by atoms with Crippen LogP contribution in [0.4, 0.5) is 13.2 Å². The molecule has 0 unspecified atom stereocenters. The molecule has 1 aliphatic carbocycles. The number of carbonyl (C=O) groups is 3. The Labute approximate surface area is 122 Å². The Balaban J connectivity index is 2.36. The van der Waals surface area contributed by atoms with Gasteiger partial charge in [-0.15, -0.1) is 0 Å². The van der Waals surface area contributed by atoms with Gasteiger partial charge in [0, 0.05) is 19.0 Å². The van der Waals surface area contributed by atoms with Gasteiger partial charge in [0.05, 0.1) is 10.6 Å². The predicted octanol–water partition coefficient (Wildman–Crippen LogP) is 2.87. The average Bonchev–Trinajstić information content (AvgIpc) is 2.37. The Kier molecular flexibility index (Phi) is 4.13. The molecule has 1 aromatic rings. The second kappa shape index (κ2) is 5.55. The van der Waals surface area contributed by atoms with Crippen LogP contribution in [-0.2, 0) is 15.8 Å². The zero-order chi connectivity index (χ0) is 15.8. The number of Topliss-reactive ketones (excluding diaryl/α,β-unsaturated/α-hetero) is 3. The number of ketones is 3. The lowest BCUT2D eigenvalue weighted by atomic mass is 9.83. The monoisotopic (exact) mass is 319 g/mol. The molecule has 1 aromatic heterocycles. The lowest BCUT2D eigenvalue weighted by molar-refractivity contribution is -0.138. The van der Waals surface area contributed by atoms with Gasteiger partial charge < -0.3 is 0 Å². The number of rotatable bonds is 2. The fourth-order valence-electron chi connectivity index (χ4n) is 2.11. The van der Waals surface area contributed by atoms with E-state index in [1.807, 2.05) is 0 Å². The van der Waals surface area contributed by atoms with Crippen molar-refractivity contribution in [3.05, 3.63) is 28.5 Å². The van der Waals surface area contributed by atoms with Crippen LogP contribution >= 0.6 is 11.6 Å². The summed E-state index contributed by atoms with van der Waals surface area (Å²) in [5, 5.41) is -0.527. The van der Waals surface area contributed by atoms with E-state index in [0.717, 1.165) is 0 Å². The second-order valence-corrected chi connectivity index (χ2v) is 5.04. The zero-order valence-corrected chi connectivity index (χ0v) is 11.3. The molecular formula is C13H9ClF3NO3. The molecule has 0 atom stereocenters. The minimum atomic E-state index is -4.64. The molecule has 8 heteroatoms. The van der Waals surface area contributed by atoms with Crippen LogP contribution in [0.1, 0.15) is 35.3 Å². The lowest BCUT2D eigenvalue weighted by Gasteiger charge is -2.18. The predicted molar refractivity (Wildman–Crippen MR) is 65.9 cm³/mol. The normalized spacial score (nSPS) is 17.1. The molecule has 1 fully saturated rings. The van der Waals surface area contributed by atoms with Gasteiger partial charge in [0.25, 0.3) is 0 Å². The van der Waals surface area contributed by atoms with Gasteiger partial charge in [0.2, 0.25) is 5.78 Å². The third-order valence-corrected chi connectivity index (χ3v) is 3.44. The SMILES string of the molecule is O=C1CCCC(=O)C1C(=O)c1ncc(C(F)(F)F)cc1Cl. The number of hydrogen-bond donors (Lipinski definition) is 0. The molecule has 0 bridgehead atoms. The number of aromatic nitrogens is 1. The fourth-order valence-corrected chi connectivity index (χ4v) is 2.37. The first-order chi connectivity index (χ1) is 9.71. The zero-order valence-electron chi connectivity index (χ0n) is 10.5. The van der Waals surface area contributed by atoms with E-state index in [1.54, 1.807) is 0 Å². The van der Waals surface area contributed by atoms with Gasteiger partial charge in [-0.1, -0.05) is 11.6 Å². The minimum Gasteiger partial charge on any atom is -0.298 e. The molecule has 0 amide bonds. The van der Waals surface area contributed by atoms with Crippen molar-refractivity contribution in [2.75, 3.05) is 0 Å². The summed E-state index contributed by atoms with van der Waals surface area (Å²) in [4.78, 5) is 38.8.